The smallest absolute Gasteiger partial charge is 0.185 e. The summed E-state index contributed by atoms with van der Waals surface area (Å²) in [6, 6.07) is 17.5. The summed E-state index contributed by atoms with van der Waals surface area (Å²) in [6.07, 6.45) is 3.26. The molecule has 148 valence electrons. The first-order valence-electron chi connectivity index (χ1n) is 8.69. The van der Waals surface area contributed by atoms with Gasteiger partial charge in [-0.3, -0.25) is 4.79 Å². The van der Waals surface area contributed by atoms with E-state index in [4.69, 9.17) is 44.3 Å². The van der Waals surface area contributed by atoms with E-state index in [2.05, 4.69) is 0 Å². The van der Waals surface area contributed by atoms with Gasteiger partial charge in [-0.2, -0.15) is 0 Å². The monoisotopic (exact) mass is 446 g/mol. The number of ketones is 1. The number of allylic oxidation sites excluding steroid dienone is 1. The fourth-order valence-electron chi connectivity index (χ4n) is 2.65. The Morgan fingerprint density at radius 2 is 1.72 bits per heavy atom. The van der Waals surface area contributed by atoms with Gasteiger partial charge < -0.3 is 9.47 Å². The van der Waals surface area contributed by atoms with E-state index < -0.39 is 0 Å². The van der Waals surface area contributed by atoms with E-state index in [9.17, 15) is 4.79 Å². The SMILES string of the molecule is COc1ccc(/C=C/C(=O)c2ccc(Cl)cc2)cc1COc1cccc(Cl)c1Cl. The van der Waals surface area contributed by atoms with Crippen LogP contribution in [0.2, 0.25) is 15.1 Å². The number of carbonyl (C=O) groups is 1. The molecule has 0 amide bonds. The van der Waals surface area contributed by atoms with Crippen LogP contribution in [0, 0.1) is 0 Å². The van der Waals surface area contributed by atoms with E-state index in [1.165, 1.54) is 6.08 Å². The van der Waals surface area contributed by atoms with Crippen molar-refractivity contribution in [2.75, 3.05) is 7.11 Å². The lowest BCUT2D eigenvalue weighted by molar-refractivity contribution is 0.104. The molecule has 0 radical (unpaired) electrons. The summed E-state index contributed by atoms with van der Waals surface area (Å²) in [5, 5.41) is 1.37. The number of carbonyl (C=O) groups excluding carboxylic acids is 1. The van der Waals surface area contributed by atoms with Crippen molar-refractivity contribution in [3.63, 3.8) is 0 Å². The number of benzene rings is 3. The summed E-state index contributed by atoms with van der Waals surface area (Å²) in [7, 11) is 1.59. The molecular weight excluding hydrogens is 431 g/mol. The van der Waals surface area contributed by atoms with E-state index in [1.807, 2.05) is 18.2 Å². The third kappa shape index (κ3) is 5.54. The van der Waals surface area contributed by atoms with Crippen LogP contribution in [0.1, 0.15) is 21.5 Å². The van der Waals surface area contributed by atoms with Crippen molar-refractivity contribution in [3.05, 3.63) is 98.5 Å². The number of hydrogen-bond donors (Lipinski definition) is 0. The van der Waals surface area contributed by atoms with E-state index >= 15 is 0 Å². The van der Waals surface area contributed by atoms with E-state index in [0.717, 1.165) is 11.1 Å². The maximum atomic E-state index is 12.3. The molecule has 3 aromatic rings. The van der Waals surface area contributed by atoms with Gasteiger partial charge >= 0.3 is 0 Å². The third-order valence-corrected chi connectivity index (χ3v) is 5.21. The fraction of sp³-hybridized carbons (Fsp3) is 0.0870. The Morgan fingerprint density at radius 3 is 2.45 bits per heavy atom. The highest BCUT2D eigenvalue weighted by Crippen LogP contribution is 2.32. The van der Waals surface area contributed by atoms with Gasteiger partial charge in [0, 0.05) is 16.1 Å². The molecule has 0 spiro atoms. The van der Waals surface area contributed by atoms with Crippen LogP contribution in [-0.2, 0) is 6.61 Å². The molecule has 0 bridgehead atoms. The topological polar surface area (TPSA) is 35.5 Å². The van der Waals surface area contributed by atoms with E-state index in [-0.39, 0.29) is 12.4 Å². The van der Waals surface area contributed by atoms with Crippen LogP contribution in [0.5, 0.6) is 11.5 Å². The lowest BCUT2D eigenvalue weighted by Crippen LogP contribution is -2.00. The predicted octanol–water partition coefficient (Wildman–Crippen LogP) is 7.13. The minimum absolute atomic E-state index is 0.110. The average Bonchev–Trinajstić information content (AvgIpc) is 2.73. The minimum Gasteiger partial charge on any atom is -0.496 e. The zero-order chi connectivity index (χ0) is 20.8. The zero-order valence-electron chi connectivity index (χ0n) is 15.5. The van der Waals surface area contributed by atoms with Gasteiger partial charge in [0.1, 0.15) is 23.1 Å². The Bertz CT molecular complexity index is 1040. The lowest BCUT2D eigenvalue weighted by atomic mass is 10.1. The van der Waals surface area contributed by atoms with Crippen molar-refractivity contribution in [3.8, 4) is 11.5 Å². The Morgan fingerprint density at radius 1 is 0.966 bits per heavy atom. The molecule has 3 aromatic carbocycles. The molecule has 29 heavy (non-hydrogen) atoms. The molecule has 0 atom stereocenters. The summed E-state index contributed by atoms with van der Waals surface area (Å²) in [5.74, 6) is 1.05. The molecule has 0 N–H and O–H groups in total. The van der Waals surface area contributed by atoms with Gasteiger partial charge in [0.05, 0.1) is 12.1 Å². The first-order chi connectivity index (χ1) is 14.0. The Balaban J connectivity index is 1.76. The quantitative estimate of drug-likeness (QED) is 0.285. The van der Waals surface area contributed by atoms with E-state index in [1.54, 1.807) is 55.7 Å². The minimum atomic E-state index is -0.110. The second-order valence-corrected chi connectivity index (χ2v) is 7.34. The van der Waals surface area contributed by atoms with Gasteiger partial charge in [-0.1, -0.05) is 53.0 Å². The number of rotatable bonds is 7. The number of halogens is 3. The number of methoxy groups -OCH3 is 1. The van der Waals surface area contributed by atoms with Crippen molar-refractivity contribution >= 4 is 46.7 Å². The fourth-order valence-corrected chi connectivity index (χ4v) is 3.12. The van der Waals surface area contributed by atoms with Gasteiger partial charge in [-0.05, 0) is 60.2 Å². The maximum Gasteiger partial charge on any atom is 0.185 e. The molecule has 0 aliphatic heterocycles. The molecule has 3 nitrogen and oxygen atoms in total. The highest BCUT2D eigenvalue weighted by atomic mass is 35.5. The van der Waals surface area contributed by atoms with Gasteiger partial charge in [0.25, 0.3) is 0 Å². The number of hydrogen-bond acceptors (Lipinski definition) is 3. The van der Waals surface area contributed by atoms with Gasteiger partial charge in [-0.15, -0.1) is 0 Å². The van der Waals surface area contributed by atoms with Crippen LogP contribution >= 0.6 is 34.8 Å². The molecule has 0 heterocycles. The molecule has 0 aliphatic carbocycles. The zero-order valence-corrected chi connectivity index (χ0v) is 17.8. The molecule has 3 rings (SSSR count). The summed E-state index contributed by atoms with van der Waals surface area (Å²) >= 11 is 18.1. The molecule has 0 fully saturated rings. The summed E-state index contributed by atoms with van der Waals surface area (Å²) in [6.45, 7) is 0.232. The van der Waals surface area contributed by atoms with Crippen molar-refractivity contribution in [1.82, 2.24) is 0 Å². The van der Waals surface area contributed by atoms with Crippen LogP contribution < -0.4 is 9.47 Å². The summed E-state index contributed by atoms with van der Waals surface area (Å²) in [4.78, 5) is 12.3. The number of ether oxygens (including phenoxy) is 2. The average molecular weight is 448 g/mol. The lowest BCUT2D eigenvalue weighted by Gasteiger charge is -2.12. The molecule has 0 saturated carbocycles. The summed E-state index contributed by atoms with van der Waals surface area (Å²) < 4.78 is 11.2. The van der Waals surface area contributed by atoms with Crippen molar-refractivity contribution < 1.29 is 14.3 Å². The predicted molar refractivity (Wildman–Crippen MR) is 119 cm³/mol. The molecule has 6 heteroatoms. The van der Waals surface area contributed by atoms with Crippen LogP contribution in [-0.4, -0.2) is 12.9 Å². The summed E-state index contributed by atoms with van der Waals surface area (Å²) in [5.41, 5.74) is 2.21. The van der Waals surface area contributed by atoms with Gasteiger partial charge in [-0.25, -0.2) is 0 Å². The highest BCUT2D eigenvalue weighted by molar-refractivity contribution is 6.42. The largest absolute Gasteiger partial charge is 0.496 e. The Kier molecular flexibility index (Phi) is 7.21. The van der Waals surface area contributed by atoms with E-state index in [0.29, 0.717) is 32.1 Å². The van der Waals surface area contributed by atoms with Crippen LogP contribution in [0.15, 0.2) is 66.7 Å². The molecule has 0 saturated heterocycles. The third-order valence-electron chi connectivity index (χ3n) is 4.16. The first kappa shape index (κ1) is 21.3. The molecule has 0 aliphatic rings. The van der Waals surface area contributed by atoms with Crippen LogP contribution in [0.3, 0.4) is 0 Å². The standard InChI is InChI=1S/C23H17Cl3O3/c1-28-21-12-6-15(5-11-20(27)16-7-9-18(24)10-8-16)13-17(21)14-29-22-4-2-3-19(25)23(22)26/h2-13H,14H2,1H3/b11-5+. The Labute approximate surface area is 184 Å². The second kappa shape index (κ2) is 9.84. The second-order valence-electron chi connectivity index (χ2n) is 6.12. The molecular formula is C23H17Cl3O3. The normalized spacial score (nSPS) is 10.9. The van der Waals surface area contributed by atoms with Crippen molar-refractivity contribution in [2.45, 2.75) is 6.61 Å². The van der Waals surface area contributed by atoms with Crippen LogP contribution in [0.25, 0.3) is 6.08 Å². The van der Waals surface area contributed by atoms with Crippen LogP contribution in [0.4, 0.5) is 0 Å². The first-order valence-corrected chi connectivity index (χ1v) is 9.83. The van der Waals surface area contributed by atoms with Crippen molar-refractivity contribution in [2.24, 2.45) is 0 Å². The maximum absolute atomic E-state index is 12.3. The molecule has 0 unspecified atom stereocenters. The van der Waals surface area contributed by atoms with Crippen molar-refractivity contribution in [1.29, 1.82) is 0 Å². The Hall–Kier alpha value is -2.46. The van der Waals surface area contributed by atoms with Gasteiger partial charge in [0.2, 0.25) is 0 Å². The highest BCUT2D eigenvalue weighted by Gasteiger charge is 2.09. The molecule has 0 aromatic heterocycles. The van der Waals surface area contributed by atoms with Gasteiger partial charge in [0.15, 0.2) is 5.78 Å².